The molecule has 1 aliphatic heterocycles. The van der Waals surface area contributed by atoms with Gasteiger partial charge in [0.1, 0.15) is 25.5 Å². The summed E-state index contributed by atoms with van der Waals surface area (Å²) in [6.07, 6.45) is 4.00. The lowest BCUT2D eigenvalue weighted by atomic mass is 10.1. The number of carbonyl (C=O) groups excluding carboxylic acids is 3. The lowest BCUT2D eigenvalue weighted by Crippen LogP contribution is -2.60. The van der Waals surface area contributed by atoms with Crippen molar-refractivity contribution in [1.82, 2.24) is 9.88 Å². The highest BCUT2D eigenvalue weighted by Gasteiger charge is 2.39. The number of anilines is 4. The van der Waals surface area contributed by atoms with Gasteiger partial charge in [-0.2, -0.15) is 5.53 Å². The van der Waals surface area contributed by atoms with Crippen molar-refractivity contribution in [2.24, 2.45) is 10.2 Å². The molecule has 0 saturated carbocycles. The third kappa shape index (κ3) is 6.53. The topological polar surface area (TPSA) is 184 Å². The van der Waals surface area contributed by atoms with Crippen molar-refractivity contribution in [1.29, 1.82) is 10.9 Å². The molecule has 41 heavy (non-hydrogen) atoms. The van der Waals surface area contributed by atoms with E-state index in [0.717, 1.165) is 11.3 Å². The zero-order valence-corrected chi connectivity index (χ0v) is 22.7. The fourth-order valence-corrected chi connectivity index (χ4v) is 4.55. The van der Waals surface area contributed by atoms with Crippen molar-refractivity contribution in [3.05, 3.63) is 77.1 Å². The maximum atomic E-state index is 13.6. The second kappa shape index (κ2) is 12.8. The minimum atomic E-state index is -1.07. The van der Waals surface area contributed by atoms with Gasteiger partial charge in [0.05, 0.1) is 11.4 Å². The van der Waals surface area contributed by atoms with E-state index in [9.17, 15) is 14.4 Å². The van der Waals surface area contributed by atoms with E-state index in [4.69, 9.17) is 28.3 Å². The molecule has 3 aromatic rings. The van der Waals surface area contributed by atoms with E-state index >= 15 is 0 Å². The van der Waals surface area contributed by atoms with Crippen molar-refractivity contribution >= 4 is 64.6 Å². The monoisotopic (exact) mass is 574 g/mol. The first kappa shape index (κ1) is 28.8. The van der Waals surface area contributed by atoms with E-state index in [2.05, 4.69) is 20.5 Å². The minimum Gasteiger partial charge on any atom is -0.398 e. The molecule has 1 saturated heterocycles. The summed E-state index contributed by atoms with van der Waals surface area (Å²) in [5, 5.41) is 14.9. The first-order valence-electron chi connectivity index (χ1n) is 12.3. The third-order valence-electron chi connectivity index (χ3n) is 6.36. The van der Waals surface area contributed by atoms with Gasteiger partial charge in [-0.25, -0.2) is 5.01 Å². The molecule has 1 fully saturated rings. The normalized spacial score (nSPS) is 14.2. The smallest absolute Gasteiger partial charge is 0.247 e. The Morgan fingerprint density at radius 2 is 2.00 bits per heavy atom. The summed E-state index contributed by atoms with van der Waals surface area (Å²) in [5.41, 5.74) is 15.9. The lowest BCUT2D eigenvalue weighted by Gasteiger charge is -2.38. The standard InChI is InChI=1S/C27H27ClN10O3/c1-32-13-17-10-20(6-7-21(17)30)34-27(41)24(12-19-4-2-3-9-33-19)37-15-25(39)36(14-26(37)40)23-11-18(28)5-8-22(23)38(16-29)35-31/h2-11,13,16,24,29,31H,12,14-15,30H2,1H3,(H,34,41). The molecule has 1 unspecified atom stereocenters. The highest BCUT2D eigenvalue weighted by atomic mass is 35.5. The number of benzene rings is 2. The number of hydrogen-bond acceptors (Lipinski definition) is 9. The van der Waals surface area contributed by atoms with E-state index in [0.29, 0.717) is 22.6 Å². The van der Waals surface area contributed by atoms with E-state index in [1.54, 1.807) is 55.9 Å². The van der Waals surface area contributed by atoms with Crippen LogP contribution in [0.1, 0.15) is 11.3 Å². The van der Waals surface area contributed by atoms with Gasteiger partial charge in [0, 0.05) is 53.5 Å². The van der Waals surface area contributed by atoms with Crippen LogP contribution < -0.4 is 21.0 Å². The number of piperazine rings is 1. The van der Waals surface area contributed by atoms with Gasteiger partial charge in [-0.1, -0.05) is 22.9 Å². The largest absolute Gasteiger partial charge is 0.398 e. The molecule has 14 heteroatoms. The molecule has 2 aromatic carbocycles. The van der Waals surface area contributed by atoms with Gasteiger partial charge in [-0.3, -0.25) is 34.7 Å². The Labute approximate surface area is 240 Å². The molecule has 0 spiro atoms. The molecule has 13 nitrogen and oxygen atoms in total. The van der Waals surface area contributed by atoms with Crippen molar-refractivity contribution in [2.75, 3.05) is 41.1 Å². The minimum absolute atomic E-state index is 0.0612. The van der Waals surface area contributed by atoms with Crippen LogP contribution in [0.25, 0.3) is 0 Å². The molecular formula is C27H27ClN10O3. The van der Waals surface area contributed by atoms with Gasteiger partial charge < -0.3 is 16.0 Å². The first-order chi connectivity index (χ1) is 19.7. The van der Waals surface area contributed by atoms with Crippen LogP contribution in [-0.2, 0) is 20.8 Å². The fraction of sp³-hybridized carbons (Fsp3) is 0.185. The number of carbonyl (C=O) groups is 3. The van der Waals surface area contributed by atoms with Crippen LogP contribution >= 0.6 is 11.6 Å². The number of halogens is 1. The molecule has 1 aliphatic rings. The molecule has 0 bridgehead atoms. The fourth-order valence-electron chi connectivity index (χ4n) is 4.39. The van der Waals surface area contributed by atoms with E-state index in [-0.39, 0.29) is 22.8 Å². The SMILES string of the molecule is CN=Cc1cc(NC(=O)C(Cc2ccccn2)N2CC(=O)N(c3cc(Cl)ccc3N(C=N)N=N)CC2=O)ccc1N. The molecule has 1 aromatic heterocycles. The Hall–Kier alpha value is -5.17. The number of amides is 3. The molecule has 0 aliphatic carbocycles. The first-order valence-corrected chi connectivity index (χ1v) is 12.7. The number of nitrogens with two attached hydrogens (primary N) is 1. The number of aliphatic imine (C=N–C) groups is 1. The summed E-state index contributed by atoms with van der Waals surface area (Å²) in [7, 11) is 1.60. The number of nitrogen functional groups attached to an aromatic ring is 1. The van der Waals surface area contributed by atoms with Gasteiger partial charge in [-0.15, -0.1) is 0 Å². The van der Waals surface area contributed by atoms with Crippen molar-refractivity contribution in [2.45, 2.75) is 12.5 Å². The van der Waals surface area contributed by atoms with Gasteiger partial charge in [0.2, 0.25) is 17.7 Å². The summed E-state index contributed by atoms with van der Waals surface area (Å²) in [4.78, 5) is 51.4. The van der Waals surface area contributed by atoms with Crippen molar-refractivity contribution in [3.8, 4) is 0 Å². The van der Waals surface area contributed by atoms with Gasteiger partial charge >= 0.3 is 0 Å². The summed E-state index contributed by atoms with van der Waals surface area (Å²) < 4.78 is 0. The highest BCUT2D eigenvalue weighted by molar-refractivity contribution is 6.31. The van der Waals surface area contributed by atoms with Crippen LogP contribution in [0.2, 0.25) is 5.02 Å². The number of nitrogens with one attached hydrogen (secondary N) is 3. The Balaban J connectivity index is 1.64. The van der Waals surface area contributed by atoms with Crippen LogP contribution in [-0.4, -0.2) is 66.3 Å². The molecular weight excluding hydrogens is 548 g/mol. The zero-order valence-electron chi connectivity index (χ0n) is 22.0. The third-order valence-corrected chi connectivity index (χ3v) is 6.59. The second-order valence-corrected chi connectivity index (χ2v) is 9.41. The second-order valence-electron chi connectivity index (χ2n) is 8.97. The molecule has 210 valence electrons. The summed E-state index contributed by atoms with van der Waals surface area (Å²) in [5.74, 6) is -1.50. The maximum Gasteiger partial charge on any atom is 0.247 e. The summed E-state index contributed by atoms with van der Waals surface area (Å²) >= 11 is 6.18. The van der Waals surface area contributed by atoms with E-state index in [1.165, 1.54) is 28.0 Å². The van der Waals surface area contributed by atoms with Crippen LogP contribution in [0.3, 0.4) is 0 Å². The molecule has 2 heterocycles. The molecule has 0 radical (unpaired) electrons. The maximum absolute atomic E-state index is 13.6. The Kier molecular flexibility index (Phi) is 8.99. The van der Waals surface area contributed by atoms with Crippen molar-refractivity contribution in [3.63, 3.8) is 0 Å². The Bertz CT molecular complexity index is 1510. The van der Waals surface area contributed by atoms with Crippen LogP contribution in [0.5, 0.6) is 0 Å². The summed E-state index contributed by atoms with van der Waals surface area (Å²) in [6, 6.07) is 13.6. The van der Waals surface area contributed by atoms with Crippen molar-refractivity contribution < 1.29 is 14.4 Å². The number of nitrogens with zero attached hydrogens (tertiary/aromatic N) is 6. The highest BCUT2D eigenvalue weighted by Crippen LogP contribution is 2.34. The Morgan fingerprint density at radius 3 is 2.68 bits per heavy atom. The average molecular weight is 575 g/mol. The Morgan fingerprint density at radius 1 is 1.20 bits per heavy atom. The zero-order chi connectivity index (χ0) is 29.5. The van der Waals surface area contributed by atoms with E-state index < -0.39 is 36.9 Å². The van der Waals surface area contributed by atoms with Crippen LogP contribution in [0, 0.1) is 10.9 Å². The molecule has 5 N–H and O–H groups in total. The van der Waals surface area contributed by atoms with Crippen LogP contribution in [0.15, 0.2) is 71.0 Å². The number of hydrogen-bond donors (Lipinski definition) is 4. The van der Waals surface area contributed by atoms with Gasteiger partial charge in [-0.05, 0) is 48.5 Å². The average Bonchev–Trinajstić information content (AvgIpc) is 2.96. The van der Waals surface area contributed by atoms with Crippen LogP contribution in [0.4, 0.5) is 22.7 Å². The van der Waals surface area contributed by atoms with Gasteiger partial charge in [0.15, 0.2) is 0 Å². The predicted molar refractivity (Wildman–Crippen MR) is 157 cm³/mol. The lowest BCUT2D eigenvalue weighted by molar-refractivity contribution is -0.143. The quantitative estimate of drug-likeness (QED) is 0.0947. The molecule has 4 rings (SSSR count). The number of aromatic nitrogens is 1. The van der Waals surface area contributed by atoms with E-state index in [1.807, 2.05) is 0 Å². The number of rotatable bonds is 10. The number of pyridine rings is 1. The predicted octanol–water partition coefficient (Wildman–Crippen LogP) is 3.15. The van der Waals surface area contributed by atoms with Gasteiger partial charge in [0.25, 0.3) is 0 Å². The molecule has 3 amide bonds. The molecule has 1 atom stereocenters. The summed E-state index contributed by atoms with van der Waals surface area (Å²) in [6.45, 7) is -0.811.